The summed E-state index contributed by atoms with van der Waals surface area (Å²) in [6, 6.07) is 7.11. The monoisotopic (exact) mass is 345 g/mol. The molecule has 0 radical (unpaired) electrons. The molecule has 7 nitrogen and oxygen atoms in total. The van der Waals surface area contributed by atoms with Crippen molar-refractivity contribution in [2.75, 3.05) is 33.9 Å². The van der Waals surface area contributed by atoms with Crippen LogP contribution in [0.1, 0.15) is 30.4 Å². The topological polar surface area (TPSA) is 71.4 Å². The van der Waals surface area contributed by atoms with Crippen molar-refractivity contribution in [1.29, 1.82) is 0 Å². The summed E-state index contributed by atoms with van der Waals surface area (Å²) in [7, 11) is 3.59. The van der Waals surface area contributed by atoms with Gasteiger partial charge in [0.15, 0.2) is 0 Å². The molecule has 3 heterocycles. The van der Waals surface area contributed by atoms with Crippen LogP contribution in [0.2, 0.25) is 0 Å². The van der Waals surface area contributed by atoms with Crippen LogP contribution in [0.4, 0.5) is 0 Å². The number of ether oxygens (including phenoxy) is 1. The second-order valence-corrected chi connectivity index (χ2v) is 6.08. The maximum atomic E-state index is 12.8. The zero-order chi connectivity index (χ0) is 17.6. The molecule has 1 atom stereocenters. The third kappa shape index (κ3) is 4.18. The van der Waals surface area contributed by atoms with Crippen molar-refractivity contribution in [2.24, 2.45) is 5.10 Å². The number of methoxy groups -OCH3 is 1. The van der Waals surface area contributed by atoms with Gasteiger partial charge < -0.3 is 13.6 Å². The van der Waals surface area contributed by atoms with E-state index in [4.69, 9.17) is 13.6 Å². The molecule has 25 heavy (non-hydrogen) atoms. The minimum atomic E-state index is -0.241. The predicted octanol–water partition coefficient (Wildman–Crippen LogP) is 2.52. The number of nitrogens with zero attached hydrogens (tertiary/aromatic N) is 3. The van der Waals surface area contributed by atoms with Crippen LogP contribution >= 0.6 is 0 Å². The van der Waals surface area contributed by atoms with E-state index in [9.17, 15) is 4.79 Å². The summed E-state index contributed by atoms with van der Waals surface area (Å²) in [6.45, 7) is 1.75. The molecule has 2 aromatic rings. The average Bonchev–Trinajstić information content (AvgIpc) is 3.33. The SMILES string of the molecule is COCCCN(C)CC(=O)N1N=C(c2ccco2)CC1c1ccco1. The Kier molecular flexibility index (Phi) is 5.67. The molecule has 0 N–H and O–H groups in total. The van der Waals surface area contributed by atoms with Crippen molar-refractivity contribution in [3.05, 3.63) is 48.3 Å². The van der Waals surface area contributed by atoms with Crippen molar-refractivity contribution in [3.8, 4) is 0 Å². The number of carbonyl (C=O) groups is 1. The van der Waals surface area contributed by atoms with Gasteiger partial charge in [0.2, 0.25) is 0 Å². The summed E-state index contributed by atoms with van der Waals surface area (Å²) < 4.78 is 16.0. The lowest BCUT2D eigenvalue weighted by molar-refractivity contribution is -0.134. The number of furan rings is 2. The second-order valence-electron chi connectivity index (χ2n) is 6.08. The zero-order valence-electron chi connectivity index (χ0n) is 14.6. The van der Waals surface area contributed by atoms with Crippen LogP contribution in [-0.4, -0.2) is 55.4 Å². The highest BCUT2D eigenvalue weighted by Gasteiger charge is 2.35. The van der Waals surface area contributed by atoms with E-state index in [1.54, 1.807) is 19.6 Å². The number of hydrogen-bond acceptors (Lipinski definition) is 6. The number of hydrogen-bond donors (Lipinski definition) is 0. The third-order valence-corrected chi connectivity index (χ3v) is 4.14. The van der Waals surface area contributed by atoms with Gasteiger partial charge in [-0.2, -0.15) is 5.10 Å². The minimum Gasteiger partial charge on any atom is -0.467 e. The summed E-state index contributed by atoms with van der Waals surface area (Å²) in [4.78, 5) is 14.8. The van der Waals surface area contributed by atoms with Gasteiger partial charge in [-0.15, -0.1) is 0 Å². The van der Waals surface area contributed by atoms with Gasteiger partial charge >= 0.3 is 0 Å². The van der Waals surface area contributed by atoms with Crippen molar-refractivity contribution in [2.45, 2.75) is 18.9 Å². The van der Waals surface area contributed by atoms with Crippen LogP contribution in [0.15, 0.2) is 50.7 Å². The molecule has 7 heteroatoms. The third-order valence-electron chi connectivity index (χ3n) is 4.14. The Morgan fingerprint density at radius 1 is 1.36 bits per heavy atom. The molecule has 0 spiro atoms. The molecule has 2 aromatic heterocycles. The Balaban J connectivity index is 1.71. The van der Waals surface area contributed by atoms with E-state index in [0.29, 0.717) is 18.8 Å². The average molecular weight is 345 g/mol. The van der Waals surface area contributed by atoms with E-state index in [1.165, 1.54) is 5.01 Å². The lowest BCUT2D eigenvalue weighted by Crippen LogP contribution is -2.37. The Labute approximate surface area is 146 Å². The summed E-state index contributed by atoms with van der Waals surface area (Å²) in [5.41, 5.74) is 0.752. The van der Waals surface area contributed by atoms with Crippen molar-refractivity contribution < 1.29 is 18.4 Å². The highest BCUT2D eigenvalue weighted by Crippen LogP contribution is 2.33. The fraction of sp³-hybridized carbons (Fsp3) is 0.444. The number of amides is 1. The summed E-state index contributed by atoms with van der Waals surface area (Å²) >= 11 is 0. The largest absolute Gasteiger partial charge is 0.467 e. The van der Waals surface area contributed by atoms with Crippen molar-refractivity contribution >= 4 is 11.6 Å². The number of hydrazone groups is 1. The Bertz CT molecular complexity index is 694. The lowest BCUT2D eigenvalue weighted by Gasteiger charge is -2.23. The molecular formula is C18H23N3O4. The van der Waals surface area contributed by atoms with Crippen LogP contribution < -0.4 is 0 Å². The molecular weight excluding hydrogens is 322 g/mol. The Morgan fingerprint density at radius 3 is 2.84 bits per heavy atom. The molecule has 134 valence electrons. The highest BCUT2D eigenvalue weighted by atomic mass is 16.5. The van der Waals surface area contributed by atoms with Crippen LogP contribution in [-0.2, 0) is 9.53 Å². The molecule has 3 rings (SSSR count). The van der Waals surface area contributed by atoms with Gasteiger partial charge in [-0.1, -0.05) is 0 Å². The molecule has 0 saturated heterocycles. The molecule has 0 bridgehead atoms. The smallest absolute Gasteiger partial charge is 0.257 e. The van der Waals surface area contributed by atoms with E-state index in [2.05, 4.69) is 5.10 Å². The molecule has 1 unspecified atom stereocenters. The quantitative estimate of drug-likeness (QED) is 0.688. The van der Waals surface area contributed by atoms with Gasteiger partial charge in [-0.3, -0.25) is 9.69 Å². The maximum absolute atomic E-state index is 12.8. The van der Waals surface area contributed by atoms with Gasteiger partial charge in [0, 0.05) is 26.7 Å². The van der Waals surface area contributed by atoms with Crippen LogP contribution in [0.3, 0.4) is 0 Å². The van der Waals surface area contributed by atoms with E-state index in [-0.39, 0.29) is 18.5 Å². The highest BCUT2D eigenvalue weighted by molar-refractivity contribution is 6.01. The molecule has 0 fully saturated rings. The predicted molar refractivity (Wildman–Crippen MR) is 92.1 cm³/mol. The first-order valence-electron chi connectivity index (χ1n) is 8.33. The molecule has 1 amide bonds. The number of rotatable bonds is 8. The summed E-state index contributed by atoms with van der Waals surface area (Å²) in [5.74, 6) is 1.34. The second kappa shape index (κ2) is 8.13. The fourth-order valence-electron chi connectivity index (χ4n) is 2.90. The van der Waals surface area contributed by atoms with Crippen LogP contribution in [0.25, 0.3) is 0 Å². The normalized spacial score (nSPS) is 17.3. The van der Waals surface area contributed by atoms with Gasteiger partial charge in [0.05, 0.1) is 19.1 Å². The molecule has 1 aliphatic heterocycles. The molecule has 0 aliphatic carbocycles. The van der Waals surface area contributed by atoms with Gasteiger partial charge in [-0.25, -0.2) is 5.01 Å². The standard InChI is InChI=1S/C18H23N3O4/c1-20(8-5-9-23-2)13-18(22)21-15(17-7-4-11-25-17)12-14(19-21)16-6-3-10-24-16/h3-4,6-7,10-11,15H,5,8-9,12-13H2,1-2H3. The van der Waals surface area contributed by atoms with E-state index >= 15 is 0 Å². The van der Waals surface area contributed by atoms with E-state index < -0.39 is 0 Å². The number of likely N-dealkylation sites (N-methyl/N-ethyl adjacent to an activating group) is 1. The van der Waals surface area contributed by atoms with Crippen LogP contribution in [0, 0.1) is 0 Å². The zero-order valence-corrected chi connectivity index (χ0v) is 14.6. The first-order chi connectivity index (χ1) is 12.2. The molecule has 1 aliphatic rings. The van der Waals surface area contributed by atoms with Crippen molar-refractivity contribution in [3.63, 3.8) is 0 Å². The molecule has 0 aromatic carbocycles. The van der Waals surface area contributed by atoms with Gasteiger partial charge in [0.1, 0.15) is 23.3 Å². The minimum absolute atomic E-state index is 0.0668. The van der Waals surface area contributed by atoms with Crippen molar-refractivity contribution in [1.82, 2.24) is 9.91 Å². The lowest BCUT2D eigenvalue weighted by atomic mass is 10.1. The van der Waals surface area contributed by atoms with Crippen LogP contribution in [0.5, 0.6) is 0 Å². The Hall–Kier alpha value is -2.38. The maximum Gasteiger partial charge on any atom is 0.257 e. The van der Waals surface area contributed by atoms with Gasteiger partial charge in [0.25, 0.3) is 5.91 Å². The van der Waals surface area contributed by atoms with E-state index in [0.717, 1.165) is 24.4 Å². The fourth-order valence-corrected chi connectivity index (χ4v) is 2.90. The van der Waals surface area contributed by atoms with Gasteiger partial charge in [-0.05, 0) is 37.7 Å². The summed E-state index contributed by atoms with van der Waals surface area (Å²) in [5, 5.41) is 6.03. The molecule has 0 saturated carbocycles. The first-order valence-corrected chi connectivity index (χ1v) is 8.33. The first kappa shape index (κ1) is 17.4. The van der Waals surface area contributed by atoms with E-state index in [1.807, 2.05) is 36.2 Å². The number of carbonyl (C=O) groups excluding carboxylic acids is 1. The Morgan fingerprint density at radius 2 is 2.16 bits per heavy atom. The summed E-state index contributed by atoms with van der Waals surface area (Å²) in [6.07, 6.45) is 4.66.